The number of anilines is 1. The van der Waals surface area contributed by atoms with Gasteiger partial charge < -0.3 is 20.3 Å². The fourth-order valence-corrected chi connectivity index (χ4v) is 6.75. The lowest BCUT2D eigenvalue weighted by Gasteiger charge is -2.38. The summed E-state index contributed by atoms with van der Waals surface area (Å²) >= 11 is 0. The highest BCUT2D eigenvalue weighted by molar-refractivity contribution is 7.90. The molecule has 1 fully saturated rings. The van der Waals surface area contributed by atoms with Crippen LogP contribution in [0, 0.1) is 5.92 Å². The number of hydrogen-bond donors (Lipinski definition) is 2. The molecule has 1 aliphatic heterocycles. The third-order valence-electron chi connectivity index (χ3n) is 7.38. The molecule has 3 heterocycles. The van der Waals surface area contributed by atoms with Crippen LogP contribution in [0.25, 0.3) is 22.2 Å². The van der Waals surface area contributed by atoms with E-state index in [1.807, 2.05) is 0 Å². The quantitative estimate of drug-likeness (QED) is 0.291. The van der Waals surface area contributed by atoms with Crippen molar-refractivity contribution in [3.63, 3.8) is 0 Å². The molecule has 0 bridgehead atoms. The van der Waals surface area contributed by atoms with Gasteiger partial charge in [0.2, 0.25) is 11.9 Å². The Morgan fingerprint density at radius 3 is 2.33 bits per heavy atom. The number of nitrogens with one attached hydrogen (secondary N) is 2. The van der Waals surface area contributed by atoms with Crippen molar-refractivity contribution in [1.29, 1.82) is 0 Å². The summed E-state index contributed by atoms with van der Waals surface area (Å²) in [7, 11) is -2.72. The van der Waals surface area contributed by atoms with Crippen LogP contribution >= 0.6 is 0 Å². The minimum Gasteiger partial charge on any atom is -0.444 e. The van der Waals surface area contributed by atoms with E-state index < -0.39 is 51.1 Å². The number of carbonyl (C=O) groups excluding carboxylic acids is 2. The second-order valence-corrected chi connectivity index (χ2v) is 13.7. The van der Waals surface area contributed by atoms with Gasteiger partial charge in [-0.15, -0.1) is 0 Å². The highest BCUT2D eigenvalue weighted by atomic mass is 32.2. The van der Waals surface area contributed by atoms with E-state index in [0.29, 0.717) is 6.20 Å². The van der Waals surface area contributed by atoms with Gasteiger partial charge in [-0.05, 0) is 45.4 Å². The van der Waals surface area contributed by atoms with Crippen molar-refractivity contribution in [2.45, 2.75) is 49.9 Å². The van der Waals surface area contributed by atoms with Gasteiger partial charge in [0.15, 0.2) is 0 Å². The molecule has 0 saturated carbocycles. The van der Waals surface area contributed by atoms with Gasteiger partial charge in [0.25, 0.3) is 10.0 Å². The van der Waals surface area contributed by atoms with Gasteiger partial charge in [-0.1, -0.05) is 36.4 Å². The van der Waals surface area contributed by atoms with Crippen molar-refractivity contribution in [1.82, 2.24) is 24.2 Å². The van der Waals surface area contributed by atoms with E-state index in [9.17, 15) is 31.2 Å². The van der Waals surface area contributed by atoms with Gasteiger partial charge in [0.05, 0.1) is 22.0 Å². The molecule has 2 aromatic heterocycles. The smallest absolute Gasteiger partial charge is 0.419 e. The molecule has 5 rings (SSSR count). The lowest BCUT2D eigenvalue weighted by molar-refractivity contribution is -0.137. The molecule has 46 heavy (non-hydrogen) atoms. The monoisotopic (exact) mass is 658 g/mol. The van der Waals surface area contributed by atoms with Gasteiger partial charge in [0, 0.05) is 49.5 Å². The third-order valence-corrected chi connectivity index (χ3v) is 9.07. The number of likely N-dealkylation sites (tertiary alicyclic amines) is 1. The number of ether oxygens (including phenoxy) is 1. The number of para-hydroxylation sites is 1. The molecule has 11 nitrogen and oxygen atoms in total. The maximum Gasteiger partial charge on any atom is 0.419 e. The van der Waals surface area contributed by atoms with Crippen LogP contribution in [0.2, 0.25) is 0 Å². The van der Waals surface area contributed by atoms with Gasteiger partial charge in [0.1, 0.15) is 11.2 Å². The third kappa shape index (κ3) is 6.78. The molecule has 2 aromatic carbocycles. The van der Waals surface area contributed by atoms with E-state index >= 15 is 0 Å². The normalized spacial score (nSPS) is 17.5. The molecule has 0 aliphatic carbocycles. The fourth-order valence-electron chi connectivity index (χ4n) is 5.36. The van der Waals surface area contributed by atoms with E-state index in [4.69, 9.17) is 4.74 Å². The molecule has 0 radical (unpaired) electrons. The van der Waals surface area contributed by atoms with E-state index in [1.54, 1.807) is 51.1 Å². The van der Waals surface area contributed by atoms with Crippen LogP contribution < -0.4 is 10.6 Å². The van der Waals surface area contributed by atoms with Gasteiger partial charge in [-0.25, -0.2) is 27.2 Å². The molecule has 15 heteroatoms. The van der Waals surface area contributed by atoms with Crippen molar-refractivity contribution in [2.24, 2.45) is 5.92 Å². The Bertz CT molecular complexity index is 1870. The molecular weight excluding hydrogens is 625 g/mol. The zero-order valence-corrected chi connectivity index (χ0v) is 26.3. The molecule has 2 amide bonds. The minimum atomic E-state index is -4.88. The van der Waals surface area contributed by atoms with Crippen LogP contribution in [-0.4, -0.2) is 71.0 Å². The zero-order valence-electron chi connectivity index (χ0n) is 25.5. The van der Waals surface area contributed by atoms with Gasteiger partial charge in [-0.2, -0.15) is 13.2 Å². The first kappa shape index (κ1) is 32.7. The fraction of sp³-hybridized carbons (Fsp3) is 0.355. The van der Waals surface area contributed by atoms with Crippen LogP contribution in [-0.2, 0) is 25.7 Å². The highest BCUT2D eigenvalue weighted by Crippen LogP contribution is 2.40. The van der Waals surface area contributed by atoms with E-state index in [1.165, 1.54) is 36.2 Å². The topological polar surface area (TPSA) is 136 Å². The minimum absolute atomic E-state index is 0.0408. The number of aromatic nitrogens is 3. The average Bonchev–Trinajstić information content (AvgIpc) is 3.40. The van der Waals surface area contributed by atoms with Crippen molar-refractivity contribution in [3.8, 4) is 11.3 Å². The Balaban J connectivity index is 1.57. The van der Waals surface area contributed by atoms with Crippen LogP contribution in [0.15, 0.2) is 71.9 Å². The summed E-state index contributed by atoms with van der Waals surface area (Å²) in [5.74, 6) is -1.15. The number of halogens is 3. The Kier molecular flexibility index (Phi) is 8.73. The Morgan fingerprint density at radius 1 is 1.00 bits per heavy atom. The van der Waals surface area contributed by atoms with Crippen molar-refractivity contribution >= 4 is 38.9 Å². The molecule has 2 N–H and O–H groups in total. The lowest BCUT2D eigenvalue weighted by atomic mass is 9.93. The molecule has 4 aromatic rings. The number of benzene rings is 2. The Labute approximate surface area is 263 Å². The Morgan fingerprint density at radius 2 is 1.67 bits per heavy atom. The number of piperidine rings is 1. The standard InChI is InChI=1S/C31H33F3N6O5S/c1-30(2,3)45-29(42)39-16-19(27(41)35-4)14-20(17-39)37-28-36-15-24(31(32,33)34)26(38-28)23-18-40(25-13-9-8-12-22(23)25)46(43,44)21-10-6-5-7-11-21/h5-13,15,18-20H,14,16-17H2,1-4H3,(H,35,41)(H,36,37,38)/t19-,20-/m0/s1. The number of hydrogen-bond acceptors (Lipinski definition) is 8. The largest absolute Gasteiger partial charge is 0.444 e. The van der Waals surface area contributed by atoms with Crippen molar-refractivity contribution in [3.05, 3.63) is 72.6 Å². The predicted molar refractivity (Wildman–Crippen MR) is 164 cm³/mol. The SMILES string of the molecule is CNC(=O)[C@H]1C[C@H](Nc2ncc(C(F)(F)F)c(-c3cn(S(=O)(=O)c4ccccc4)c4ccccc34)n2)CN(C(=O)OC(C)(C)C)C1. The summed E-state index contributed by atoms with van der Waals surface area (Å²) in [6.07, 6.45) is -3.53. The molecule has 0 unspecified atom stereocenters. The molecule has 0 spiro atoms. The Hall–Kier alpha value is -4.66. The highest BCUT2D eigenvalue weighted by Gasteiger charge is 2.38. The van der Waals surface area contributed by atoms with Crippen LogP contribution in [0.1, 0.15) is 32.8 Å². The number of carbonyl (C=O) groups is 2. The summed E-state index contributed by atoms with van der Waals surface area (Å²) in [6, 6.07) is 13.1. The molecule has 1 saturated heterocycles. The van der Waals surface area contributed by atoms with E-state index in [0.717, 1.165) is 10.2 Å². The molecule has 244 valence electrons. The summed E-state index contributed by atoms with van der Waals surface area (Å²) < 4.78 is 76.7. The zero-order chi connectivity index (χ0) is 33.4. The first-order chi connectivity index (χ1) is 21.6. The lowest BCUT2D eigenvalue weighted by Crippen LogP contribution is -2.53. The second kappa shape index (κ2) is 12.3. The number of fused-ring (bicyclic) bond motifs is 1. The number of rotatable bonds is 6. The van der Waals surface area contributed by atoms with Crippen LogP contribution in [0.5, 0.6) is 0 Å². The number of amides is 2. The van der Waals surface area contributed by atoms with Gasteiger partial charge in [-0.3, -0.25) is 4.79 Å². The molecular formula is C31H33F3N6O5S. The van der Waals surface area contributed by atoms with Crippen LogP contribution in [0.4, 0.5) is 23.9 Å². The first-order valence-electron chi connectivity index (χ1n) is 14.4. The summed E-state index contributed by atoms with van der Waals surface area (Å²) in [5, 5.41) is 5.79. The summed E-state index contributed by atoms with van der Waals surface area (Å²) in [4.78, 5) is 35.0. The van der Waals surface area contributed by atoms with Crippen LogP contribution in [0.3, 0.4) is 0 Å². The van der Waals surface area contributed by atoms with E-state index in [-0.39, 0.29) is 52.7 Å². The number of nitrogens with zero attached hydrogens (tertiary/aromatic N) is 4. The molecule has 2 atom stereocenters. The van der Waals surface area contributed by atoms with Crippen molar-refractivity contribution < 1.29 is 35.9 Å². The summed E-state index contributed by atoms with van der Waals surface area (Å²) in [5.41, 5.74) is -2.41. The maximum absolute atomic E-state index is 14.4. The maximum atomic E-state index is 14.4. The predicted octanol–water partition coefficient (Wildman–Crippen LogP) is 5.14. The van der Waals surface area contributed by atoms with Crippen molar-refractivity contribution in [2.75, 3.05) is 25.5 Å². The summed E-state index contributed by atoms with van der Waals surface area (Å²) in [6.45, 7) is 5.28. The van der Waals surface area contributed by atoms with E-state index in [2.05, 4.69) is 20.6 Å². The number of alkyl halides is 3. The average molecular weight is 659 g/mol. The first-order valence-corrected chi connectivity index (χ1v) is 15.8. The molecule has 1 aliphatic rings. The second-order valence-electron chi connectivity index (χ2n) is 11.9. The van der Waals surface area contributed by atoms with Gasteiger partial charge >= 0.3 is 12.3 Å².